The SMILES string of the molecule is COc1cccc(C(C)NCCCCCCC(C)C)c1. The van der Waals surface area contributed by atoms with Gasteiger partial charge in [-0.2, -0.15) is 0 Å². The van der Waals surface area contributed by atoms with Crippen LogP contribution in [0.1, 0.15) is 64.5 Å². The van der Waals surface area contributed by atoms with E-state index in [4.69, 9.17) is 4.74 Å². The molecule has 0 spiro atoms. The van der Waals surface area contributed by atoms with Crippen LogP contribution in [0.3, 0.4) is 0 Å². The zero-order chi connectivity index (χ0) is 14.8. The lowest BCUT2D eigenvalue weighted by atomic mass is 10.0. The third-order valence-corrected chi connectivity index (χ3v) is 3.75. The molecule has 1 unspecified atom stereocenters. The Kier molecular flexibility index (Phi) is 8.36. The Balaban J connectivity index is 2.15. The van der Waals surface area contributed by atoms with Crippen molar-refractivity contribution in [3.63, 3.8) is 0 Å². The second-order valence-corrected chi connectivity index (χ2v) is 6.05. The summed E-state index contributed by atoms with van der Waals surface area (Å²) in [4.78, 5) is 0. The van der Waals surface area contributed by atoms with Crippen molar-refractivity contribution in [3.05, 3.63) is 29.8 Å². The molecule has 1 N–H and O–H groups in total. The molecule has 0 aliphatic rings. The van der Waals surface area contributed by atoms with Gasteiger partial charge >= 0.3 is 0 Å². The number of hydrogen-bond acceptors (Lipinski definition) is 2. The summed E-state index contributed by atoms with van der Waals surface area (Å²) in [6.07, 6.45) is 6.72. The second-order valence-electron chi connectivity index (χ2n) is 6.05. The molecule has 20 heavy (non-hydrogen) atoms. The number of rotatable bonds is 10. The molecule has 0 saturated carbocycles. The lowest BCUT2D eigenvalue weighted by molar-refractivity contribution is 0.413. The second kappa shape index (κ2) is 9.82. The van der Waals surface area contributed by atoms with Gasteiger partial charge in [-0.25, -0.2) is 0 Å². The molecule has 0 fully saturated rings. The van der Waals surface area contributed by atoms with Crippen molar-refractivity contribution >= 4 is 0 Å². The van der Waals surface area contributed by atoms with Gasteiger partial charge in [-0.15, -0.1) is 0 Å². The average molecular weight is 277 g/mol. The van der Waals surface area contributed by atoms with Gasteiger partial charge in [0.25, 0.3) is 0 Å². The predicted octanol–water partition coefficient (Wildman–Crippen LogP) is 4.95. The Morgan fingerprint density at radius 2 is 1.80 bits per heavy atom. The molecule has 0 bridgehead atoms. The molecule has 0 aromatic heterocycles. The predicted molar refractivity (Wildman–Crippen MR) is 87.3 cm³/mol. The van der Waals surface area contributed by atoms with Crippen LogP contribution in [0.25, 0.3) is 0 Å². The maximum absolute atomic E-state index is 5.27. The first-order valence-corrected chi connectivity index (χ1v) is 8.00. The zero-order valence-electron chi connectivity index (χ0n) is 13.6. The van der Waals surface area contributed by atoms with Crippen molar-refractivity contribution in [3.8, 4) is 5.75 Å². The molecule has 114 valence electrons. The van der Waals surface area contributed by atoms with Gasteiger partial charge in [-0.1, -0.05) is 51.7 Å². The summed E-state index contributed by atoms with van der Waals surface area (Å²) in [5.74, 6) is 1.78. The molecule has 2 heteroatoms. The minimum Gasteiger partial charge on any atom is -0.497 e. The van der Waals surface area contributed by atoms with Crippen molar-refractivity contribution in [2.24, 2.45) is 5.92 Å². The van der Waals surface area contributed by atoms with Gasteiger partial charge in [0, 0.05) is 6.04 Å². The molecule has 0 aliphatic carbocycles. The van der Waals surface area contributed by atoms with Crippen LogP contribution in [0.15, 0.2) is 24.3 Å². The monoisotopic (exact) mass is 277 g/mol. The van der Waals surface area contributed by atoms with Crippen molar-refractivity contribution in [2.45, 2.75) is 58.9 Å². The van der Waals surface area contributed by atoms with Crippen LogP contribution in [-0.2, 0) is 0 Å². The smallest absolute Gasteiger partial charge is 0.119 e. The van der Waals surface area contributed by atoms with Gasteiger partial charge in [0.05, 0.1) is 7.11 Å². The topological polar surface area (TPSA) is 21.3 Å². The van der Waals surface area contributed by atoms with E-state index in [1.165, 1.54) is 37.7 Å². The fourth-order valence-electron chi connectivity index (χ4n) is 2.38. The number of unbranched alkanes of at least 4 members (excludes halogenated alkanes) is 3. The molecule has 1 aromatic carbocycles. The van der Waals surface area contributed by atoms with Gasteiger partial charge in [-0.3, -0.25) is 0 Å². The van der Waals surface area contributed by atoms with E-state index in [2.05, 4.69) is 44.3 Å². The van der Waals surface area contributed by atoms with E-state index in [1.807, 2.05) is 6.07 Å². The van der Waals surface area contributed by atoms with Gasteiger partial charge in [0.1, 0.15) is 5.75 Å². The van der Waals surface area contributed by atoms with Gasteiger partial charge in [0.15, 0.2) is 0 Å². The van der Waals surface area contributed by atoms with Crippen molar-refractivity contribution < 1.29 is 4.74 Å². The Labute approximate surface area is 124 Å². The highest BCUT2D eigenvalue weighted by atomic mass is 16.5. The first-order chi connectivity index (χ1) is 9.63. The highest BCUT2D eigenvalue weighted by Gasteiger charge is 2.05. The summed E-state index contributed by atoms with van der Waals surface area (Å²) in [5, 5.41) is 3.59. The highest BCUT2D eigenvalue weighted by molar-refractivity contribution is 5.30. The molecule has 0 saturated heterocycles. The first-order valence-electron chi connectivity index (χ1n) is 8.00. The molecule has 0 heterocycles. The molecule has 0 radical (unpaired) electrons. The Bertz CT molecular complexity index is 362. The lowest BCUT2D eigenvalue weighted by Gasteiger charge is -2.15. The van der Waals surface area contributed by atoms with E-state index >= 15 is 0 Å². The lowest BCUT2D eigenvalue weighted by Crippen LogP contribution is -2.19. The van der Waals surface area contributed by atoms with Crippen LogP contribution < -0.4 is 10.1 Å². The van der Waals surface area contributed by atoms with Crippen LogP contribution in [0, 0.1) is 5.92 Å². The molecule has 2 nitrogen and oxygen atoms in total. The minimum atomic E-state index is 0.390. The number of benzene rings is 1. The quantitative estimate of drug-likeness (QED) is 0.611. The van der Waals surface area contributed by atoms with E-state index in [0.717, 1.165) is 18.2 Å². The van der Waals surface area contributed by atoms with Crippen molar-refractivity contribution in [1.29, 1.82) is 0 Å². The number of hydrogen-bond donors (Lipinski definition) is 1. The first kappa shape index (κ1) is 17.0. The molecule has 0 aliphatic heterocycles. The number of methoxy groups -OCH3 is 1. The van der Waals surface area contributed by atoms with Crippen LogP contribution in [0.5, 0.6) is 5.75 Å². The Hall–Kier alpha value is -1.02. The third kappa shape index (κ3) is 6.95. The fourth-order valence-corrected chi connectivity index (χ4v) is 2.38. The highest BCUT2D eigenvalue weighted by Crippen LogP contribution is 2.18. The third-order valence-electron chi connectivity index (χ3n) is 3.75. The van der Waals surface area contributed by atoms with E-state index < -0.39 is 0 Å². The van der Waals surface area contributed by atoms with E-state index in [9.17, 15) is 0 Å². The summed E-state index contributed by atoms with van der Waals surface area (Å²) in [7, 11) is 1.72. The molecular weight excluding hydrogens is 246 g/mol. The van der Waals surface area contributed by atoms with Crippen LogP contribution >= 0.6 is 0 Å². The van der Waals surface area contributed by atoms with Crippen LogP contribution in [-0.4, -0.2) is 13.7 Å². The Morgan fingerprint density at radius 1 is 1.05 bits per heavy atom. The van der Waals surface area contributed by atoms with Crippen LogP contribution in [0.4, 0.5) is 0 Å². The largest absolute Gasteiger partial charge is 0.497 e. The normalized spacial score (nSPS) is 12.7. The van der Waals surface area contributed by atoms with E-state index in [0.29, 0.717) is 6.04 Å². The molecule has 1 atom stereocenters. The standard InChI is InChI=1S/C18H31NO/c1-15(2)10-7-5-6-8-13-19-16(3)17-11-9-12-18(14-17)20-4/h9,11-12,14-16,19H,5-8,10,13H2,1-4H3. The van der Waals surface area contributed by atoms with Crippen molar-refractivity contribution in [2.75, 3.05) is 13.7 Å². The molecule has 1 rings (SSSR count). The molecular formula is C18H31NO. The maximum Gasteiger partial charge on any atom is 0.119 e. The number of nitrogens with one attached hydrogen (secondary N) is 1. The average Bonchev–Trinajstić information content (AvgIpc) is 2.45. The van der Waals surface area contributed by atoms with E-state index in [-0.39, 0.29) is 0 Å². The molecule has 1 aromatic rings. The minimum absolute atomic E-state index is 0.390. The van der Waals surface area contributed by atoms with Crippen molar-refractivity contribution in [1.82, 2.24) is 5.32 Å². The zero-order valence-corrected chi connectivity index (χ0v) is 13.6. The Morgan fingerprint density at radius 3 is 2.50 bits per heavy atom. The summed E-state index contributed by atoms with van der Waals surface area (Å²) in [5.41, 5.74) is 1.30. The summed E-state index contributed by atoms with van der Waals surface area (Å²) in [6.45, 7) is 7.92. The number of ether oxygens (including phenoxy) is 1. The van der Waals surface area contributed by atoms with Gasteiger partial charge < -0.3 is 10.1 Å². The summed E-state index contributed by atoms with van der Waals surface area (Å²) >= 11 is 0. The van der Waals surface area contributed by atoms with Crippen LogP contribution in [0.2, 0.25) is 0 Å². The summed E-state index contributed by atoms with van der Waals surface area (Å²) in [6, 6.07) is 8.70. The fraction of sp³-hybridized carbons (Fsp3) is 0.667. The van der Waals surface area contributed by atoms with Gasteiger partial charge in [0.2, 0.25) is 0 Å². The summed E-state index contributed by atoms with van der Waals surface area (Å²) < 4.78 is 5.27. The van der Waals surface area contributed by atoms with E-state index in [1.54, 1.807) is 7.11 Å². The maximum atomic E-state index is 5.27. The molecule has 0 amide bonds. The van der Waals surface area contributed by atoms with Gasteiger partial charge in [-0.05, 0) is 43.5 Å².